The highest BCUT2D eigenvalue weighted by molar-refractivity contribution is 7.17. The number of methoxy groups -OCH3 is 1. The number of carbonyl (C=O) groups excluding carboxylic acids is 3. The van der Waals surface area contributed by atoms with Crippen molar-refractivity contribution in [2.45, 2.75) is 32.7 Å². The quantitative estimate of drug-likeness (QED) is 0.508. The van der Waals surface area contributed by atoms with Crippen LogP contribution in [0.15, 0.2) is 18.3 Å². The molecule has 1 amide bonds. The van der Waals surface area contributed by atoms with Crippen molar-refractivity contribution in [2.24, 2.45) is 0 Å². The molecule has 0 aliphatic carbocycles. The number of thiophene rings is 1. The first kappa shape index (κ1) is 22.0. The number of nitrogens with one attached hydrogen (secondary N) is 1. The normalized spacial score (nSPS) is 12.8. The number of aromatic nitrogens is 1. The molecular formula is C20H22ClN3O5S. The van der Waals surface area contributed by atoms with E-state index in [2.05, 4.69) is 19.9 Å². The molecule has 2 aromatic heterocycles. The Morgan fingerprint density at radius 1 is 1.30 bits per heavy atom. The number of nitrogens with zero attached hydrogens (tertiary/aromatic N) is 2. The summed E-state index contributed by atoms with van der Waals surface area (Å²) in [5.41, 5.74) is 2.22. The van der Waals surface area contributed by atoms with Crippen LogP contribution in [-0.2, 0) is 32.0 Å². The number of ether oxygens (including phenoxy) is 2. The zero-order valence-corrected chi connectivity index (χ0v) is 18.3. The maximum atomic E-state index is 12.6. The zero-order valence-electron chi connectivity index (χ0n) is 16.7. The summed E-state index contributed by atoms with van der Waals surface area (Å²) in [6.45, 7) is 3.24. The fourth-order valence-electron chi connectivity index (χ4n) is 3.19. The minimum atomic E-state index is -0.464. The molecule has 0 saturated heterocycles. The summed E-state index contributed by atoms with van der Waals surface area (Å²) in [6, 6.07) is 3.63. The van der Waals surface area contributed by atoms with Crippen molar-refractivity contribution in [3.63, 3.8) is 0 Å². The third kappa shape index (κ3) is 5.09. The molecule has 10 heteroatoms. The van der Waals surface area contributed by atoms with Gasteiger partial charge in [-0.25, -0.2) is 9.78 Å². The third-order valence-corrected chi connectivity index (χ3v) is 6.01. The van der Waals surface area contributed by atoms with Crippen LogP contribution in [0.5, 0.6) is 0 Å². The third-order valence-electron chi connectivity index (χ3n) is 4.65. The molecule has 160 valence electrons. The molecule has 3 rings (SSSR count). The second-order valence-electron chi connectivity index (χ2n) is 6.56. The van der Waals surface area contributed by atoms with Crippen molar-refractivity contribution in [1.29, 1.82) is 0 Å². The average Bonchev–Trinajstić information content (AvgIpc) is 3.09. The first-order valence-corrected chi connectivity index (χ1v) is 10.7. The predicted octanol–water partition coefficient (Wildman–Crippen LogP) is 3.43. The average molecular weight is 452 g/mol. The van der Waals surface area contributed by atoms with Gasteiger partial charge in [-0.05, 0) is 31.0 Å². The molecule has 0 bridgehead atoms. The molecule has 0 atom stereocenters. The lowest BCUT2D eigenvalue weighted by Gasteiger charge is -2.28. The second-order valence-corrected chi connectivity index (χ2v) is 8.06. The minimum absolute atomic E-state index is 0.0277. The Hall–Kier alpha value is -2.65. The van der Waals surface area contributed by atoms with Gasteiger partial charge in [0.15, 0.2) is 0 Å². The summed E-state index contributed by atoms with van der Waals surface area (Å²) >= 11 is 7.22. The number of hydrogen-bond donors (Lipinski definition) is 1. The number of amides is 1. The topological polar surface area (TPSA) is 97.8 Å². The van der Waals surface area contributed by atoms with Gasteiger partial charge in [0.25, 0.3) is 0 Å². The van der Waals surface area contributed by atoms with E-state index in [4.69, 9.17) is 16.3 Å². The van der Waals surface area contributed by atoms with E-state index >= 15 is 0 Å². The lowest BCUT2D eigenvalue weighted by atomic mass is 10.0. The van der Waals surface area contributed by atoms with Gasteiger partial charge in [-0.15, -0.1) is 11.3 Å². The monoisotopic (exact) mass is 451 g/mol. The van der Waals surface area contributed by atoms with Crippen LogP contribution < -0.4 is 10.2 Å². The molecule has 1 N–H and O–H groups in total. The van der Waals surface area contributed by atoms with Crippen LogP contribution in [0.4, 0.5) is 10.7 Å². The fraction of sp³-hybridized carbons (Fsp3) is 0.400. The van der Waals surface area contributed by atoms with Crippen LogP contribution in [0.2, 0.25) is 5.15 Å². The number of anilines is 2. The Bertz CT molecular complexity index is 945. The Labute approximate surface area is 183 Å². The predicted molar refractivity (Wildman–Crippen MR) is 114 cm³/mol. The molecule has 3 heterocycles. The first-order valence-electron chi connectivity index (χ1n) is 9.47. The van der Waals surface area contributed by atoms with Crippen LogP contribution in [0.3, 0.4) is 0 Å². The number of rotatable bonds is 7. The van der Waals surface area contributed by atoms with Gasteiger partial charge in [-0.1, -0.05) is 11.6 Å². The Kier molecular flexibility index (Phi) is 7.28. The maximum Gasteiger partial charge on any atom is 0.341 e. The molecule has 0 saturated carbocycles. The lowest BCUT2D eigenvalue weighted by Crippen LogP contribution is -2.30. The second kappa shape index (κ2) is 9.90. The van der Waals surface area contributed by atoms with Gasteiger partial charge in [0.2, 0.25) is 5.91 Å². The summed E-state index contributed by atoms with van der Waals surface area (Å²) < 4.78 is 9.78. The van der Waals surface area contributed by atoms with E-state index in [1.54, 1.807) is 19.2 Å². The molecule has 0 radical (unpaired) electrons. The molecule has 2 aromatic rings. The molecule has 0 aromatic carbocycles. The summed E-state index contributed by atoms with van der Waals surface area (Å²) in [4.78, 5) is 43.4. The van der Waals surface area contributed by atoms with E-state index in [0.717, 1.165) is 16.1 Å². The van der Waals surface area contributed by atoms with E-state index < -0.39 is 11.9 Å². The highest BCUT2D eigenvalue weighted by atomic mass is 35.5. The number of carbonyl (C=O) groups is 3. The molecule has 0 unspecified atom stereocenters. The molecule has 30 heavy (non-hydrogen) atoms. The van der Waals surface area contributed by atoms with Crippen LogP contribution in [0.25, 0.3) is 0 Å². The van der Waals surface area contributed by atoms with Crippen LogP contribution in [0, 0.1) is 0 Å². The van der Waals surface area contributed by atoms with E-state index in [9.17, 15) is 14.4 Å². The van der Waals surface area contributed by atoms with Crippen molar-refractivity contribution in [2.75, 3.05) is 30.5 Å². The van der Waals surface area contributed by atoms with Gasteiger partial charge in [-0.2, -0.15) is 0 Å². The van der Waals surface area contributed by atoms with Gasteiger partial charge in [0, 0.05) is 17.8 Å². The van der Waals surface area contributed by atoms with E-state index in [1.807, 2.05) is 6.07 Å². The SMILES string of the molecule is CCOC(=O)c1c(NC(=O)CCC(=O)OC)sc2c1CCN(c1ccc(Cl)nc1)C2. The van der Waals surface area contributed by atoms with Gasteiger partial charge in [0.05, 0.1) is 44.1 Å². The Morgan fingerprint density at radius 2 is 2.10 bits per heavy atom. The molecular weight excluding hydrogens is 430 g/mol. The van der Waals surface area contributed by atoms with Crippen molar-refractivity contribution < 1.29 is 23.9 Å². The number of fused-ring (bicyclic) bond motifs is 1. The van der Waals surface area contributed by atoms with Crippen molar-refractivity contribution in [3.8, 4) is 0 Å². The largest absolute Gasteiger partial charge is 0.469 e. The number of esters is 2. The molecule has 0 spiro atoms. The fourth-order valence-corrected chi connectivity index (χ4v) is 4.57. The Balaban J connectivity index is 1.83. The van der Waals surface area contributed by atoms with Gasteiger partial charge < -0.3 is 19.7 Å². The van der Waals surface area contributed by atoms with Gasteiger partial charge in [0.1, 0.15) is 10.2 Å². The summed E-state index contributed by atoms with van der Waals surface area (Å²) in [5.74, 6) is -1.28. The first-order chi connectivity index (χ1) is 14.4. The maximum absolute atomic E-state index is 12.6. The number of hydrogen-bond acceptors (Lipinski definition) is 8. The Morgan fingerprint density at radius 3 is 2.77 bits per heavy atom. The number of pyridine rings is 1. The smallest absolute Gasteiger partial charge is 0.341 e. The molecule has 1 aliphatic rings. The van der Waals surface area contributed by atoms with Crippen LogP contribution in [0.1, 0.15) is 40.6 Å². The molecule has 0 fully saturated rings. The highest BCUT2D eigenvalue weighted by Gasteiger charge is 2.29. The van der Waals surface area contributed by atoms with E-state index in [1.165, 1.54) is 18.4 Å². The summed E-state index contributed by atoms with van der Waals surface area (Å²) in [5, 5.41) is 3.64. The van der Waals surface area contributed by atoms with E-state index in [0.29, 0.717) is 35.2 Å². The lowest BCUT2D eigenvalue weighted by molar-refractivity contribution is -0.141. The minimum Gasteiger partial charge on any atom is -0.469 e. The summed E-state index contributed by atoms with van der Waals surface area (Å²) in [6.07, 6.45) is 2.28. The van der Waals surface area contributed by atoms with Crippen LogP contribution in [-0.4, -0.2) is 43.1 Å². The van der Waals surface area contributed by atoms with Gasteiger partial charge >= 0.3 is 11.9 Å². The highest BCUT2D eigenvalue weighted by Crippen LogP contribution is 2.38. The van der Waals surface area contributed by atoms with Crippen molar-refractivity contribution in [3.05, 3.63) is 39.5 Å². The van der Waals surface area contributed by atoms with Crippen molar-refractivity contribution >= 4 is 51.5 Å². The zero-order chi connectivity index (χ0) is 21.7. The standard InChI is InChI=1S/C20H22ClN3O5S/c1-3-29-20(27)18-13-8-9-24(12-4-5-15(21)22-10-12)11-14(13)30-19(18)23-16(25)6-7-17(26)28-2/h4-5,10H,3,6-9,11H2,1-2H3,(H,23,25). The summed E-state index contributed by atoms with van der Waals surface area (Å²) in [7, 11) is 1.27. The van der Waals surface area contributed by atoms with E-state index in [-0.39, 0.29) is 25.4 Å². The number of halogens is 1. The molecule has 8 nitrogen and oxygen atoms in total. The molecule has 1 aliphatic heterocycles. The van der Waals surface area contributed by atoms with Gasteiger partial charge in [-0.3, -0.25) is 9.59 Å². The van der Waals surface area contributed by atoms with Crippen molar-refractivity contribution in [1.82, 2.24) is 4.98 Å². The van der Waals surface area contributed by atoms with Crippen LogP contribution >= 0.6 is 22.9 Å².